The number of hydrogen-bond donors (Lipinski definition) is 1. The predicted octanol–water partition coefficient (Wildman–Crippen LogP) is 3.43. The fraction of sp³-hybridized carbons (Fsp3) is 0.333. The van der Waals surface area contributed by atoms with Crippen molar-refractivity contribution in [3.8, 4) is 6.07 Å². The Balaban J connectivity index is 1.93. The van der Waals surface area contributed by atoms with Crippen LogP contribution in [0.4, 0.5) is 4.79 Å². The molecular weight excluding hydrogens is 394 g/mol. The Morgan fingerprint density at radius 2 is 1.74 bits per heavy atom. The minimum atomic E-state index is -1.28. The molecule has 3 amide bonds. The van der Waals surface area contributed by atoms with Gasteiger partial charge in [-0.2, -0.15) is 5.26 Å². The third-order valence-electron chi connectivity index (χ3n) is 5.77. The van der Waals surface area contributed by atoms with Crippen LogP contribution in [0.25, 0.3) is 0 Å². The zero-order valence-electron chi connectivity index (χ0n) is 17.6. The molecule has 0 aliphatic carbocycles. The van der Waals surface area contributed by atoms with E-state index < -0.39 is 30.0 Å². The van der Waals surface area contributed by atoms with Crippen LogP contribution < -0.4 is 0 Å². The predicted molar refractivity (Wildman–Crippen MR) is 114 cm³/mol. The van der Waals surface area contributed by atoms with Crippen LogP contribution in [0.2, 0.25) is 0 Å². The number of nitriles is 1. The first-order valence-electron chi connectivity index (χ1n) is 10.3. The lowest BCUT2D eigenvalue weighted by Crippen LogP contribution is -2.47. The zero-order chi connectivity index (χ0) is 22.5. The van der Waals surface area contributed by atoms with Crippen molar-refractivity contribution in [1.82, 2.24) is 9.80 Å². The molecular formula is C24H25N3O4. The van der Waals surface area contributed by atoms with Crippen LogP contribution in [0.3, 0.4) is 0 Å². The molecule has 1 N–H and O–H groups in total. The van der Waals surface area contributed by atoms with Gasteiger partial charge in [0.15, 0.2) is 0 Å². The van der Waals surface area contributed by atoms with Crippen molar-refractivity contribution in [2.24, 2.45) is 5.92 Å². The van der Waals surface area contributed by atoms with Crippen LogP contribution >= 0.6 is 0 Å². The summed E-state index contributed by atoms with van der Waals surface area (Å²) in [6.07, 6.45) is 0.712. The van der Waals surface area contributed by atoms with Crippen molar-refractivity contribution >= 4 is 17.9 Å². The smallest absolute Gasteiger partial charge is 0.328 e. The third kappa shape index (κ3) is 4.58. The number of urea groups is 1. The van der Waals surface area contributed by atoms with Crippen molar-refractivity contribution in [2.45, 2.75) is 45.3 Å². The largest absolute Gasteiger partial charge is 0.480 e. The van der Waals surface area contributed by atoms with E-state index in [2.05, 4.69) is 0 Å². The molecule has 1 heterocycles. The molecule has 1 fully saturated rings. The fourth-order valence-corrected chi connectivity index (χ4v) is 3.86. The van der Waals surface area contributed by atoms with E-state index in [9.17, 15) is 19.5 Å². The number of carboxylic acid groups (broad SMARTS) is 1. The Bertz CT molecular complexity index is 998. The summed E-state index contributed by atoms with van der Waals surface area (Å²) in [6, 6.07) is 15.2. The number of hydrogen-bond acceptors (Lipinski definition) is 4. The third-order valence-corrected chi connectivity index (χ3v) is 5.77. The molecule has 1 saturated heterocycles. The number of rotatable bonds is 8. The quantitative estimate of drug-likeness (QED) is 0.661. The summed E-state index contributed by atoms with van der Waals surface area (Å²) >= 11 is 0. The van der Waals surface area contributed by atoms with Gasteiger partial charge in [0.25, 0.3) is 5.91 Å². The summed E-state index contributed by atoms with van der Waals surface area (Å²) in [7, 11) is 0. The fourth-order valence-electron chi connectivity index (χ4n) is 3.86. The molecule has 1 aliphatic heterocycles. The maximum atomic E-state index is 13.3. The molecule has 160 valence electrons. The molecule has 0 spiro atoms. The summed E-state index contributed by atoms with van der Waals surface area (Å²) in [5, 5.41) is 18.8. The number of carboxylic acids is 1. The molecule has 7 heteroatoms. The monoisotopic (exact) mass is 419 g/mol. The van der Waals surface area contributed by atoms with Gasteiger partial charge < -0.3 is 10.0 Å². The Kier molecular flexibility index (Phi) is 6.71. The molecule has 0 aromatic heterocycles. The number of aliphatic carboxylic acids is 1. The molecule has 31 heavy (non-hydrogen) atoms. The summed E-state index contributed by atoms with van der Waals surface area (Å²) in [5.41, 5.74) is 2.01. The molecule has 0 saturated carbocycles. The van der Waals surface area contributed by atoms with Crippen LogP contribution in [-0.4, -0.2) is 44.9 Å². The van der Waals surface area contributed by atoms with E-state index in [0.29, 0.717) is 12.0 Å². The van der Waals surface area contributed by atoms with Gasteiger partial charge in [0, 0.05) is 13.0 Å². The Morgan fingerprint density at radius 3 is 2.29 bits per heavy atom. The minimum absolute atomic E-state index is 0.0472. The van der Waals surface area contributed by atoms with E-state index in [1.807, 2.05) is 26.0 Å². The Morgan fingerprint density at radius 1 is 1.10 bits per heavy atom. The van der Waals surface area contributed by atoms with Crippen molar-refractivity contribution in [3.63, 3.8) is 0 Å². The van der Waals surface area contributed by atoms with Crippen molar-refractivity contribution in [1.29, 1.82) is 5.26 Å². The second kappa shape index (κ2) is 9.43. The molecule has 3 unspecified atom stereocenters. The SMILES string of the molecule is CCC(C)C1C(=O)N(C(Cc2ccccc2)C(=O)O)C(=O)N1Cc1ccc(C#N)cc1. The standard InChI is InChI=1S/C24H25N3O4/c1-3-16(2)21-22(28)27(20(23(29)30)13-17-7-5-4-6-8-17)24(31)26(21)15-19-11-9-18(14-25)10-12-19/h4-12,16,20-21H,3,13,15H2,1-2H3,(H,29,30). The number of amides is 3. The van der Waals surface area contributed by atoms with E-state index in [0.717, 1.165) is 16.0 Å². The van der Waals surface area contributed by atoms with Crippen LogP contribution in [0.5, 0.6) is 0 Å². The first-order valence-corrected chi connectivity index (χ1v) is 10.3. The lowest BCUT2D eigenvalue weighted by Gasteiger charge is -2.26. The van der Waals surface area contributed by atoms with Crippen LogP contribution in [-0.2, 0) is 22.6 Å². The topological polar surface area (TPSA) is 102 Å². The Labute approximate surface area is 181 Å². The van der Waals surface area contributed by atoms with Crippen LogP contribution in [0.1, 0.15) is 37.0 Å². The average molecular weight is 419 g/mol. The van der Waals surface area contributed by atoms with E-state index in [1.165, 1.54) is 4.90 Å². The number of imide groups is 1. The summed E-state index contributed by atoms with van der Waals surface area (Å²) in [4.78, 5) is 41.1. The molecule has 7 nitrogen and oxygen atoms in total. The van der Waals surface area contributed by atoms with E-state index in [-0.39, 0.29) is 18.9 Å². The highest BCUT2D eigenvalue weighted by molar-refractivity contribution is 6.07. The molecule has 2 aromatic carbocycles. The van der Waals surface area contributed by atoms with Gasteiger partial charge in [0.2, 0.25) is 0 Å². The highest BCUT2D eigenvalue weighted by Gasteiger charge is 2.51. The van der Waals surface area contributed by atoms with Gasteiger partial charge in [-0.25, -0.2) is 14.5 Å². The highest BCUT2D eigenvalue weighted by atomic mass is 16.4. The minimum Gasteiger partial charge on any atom is -0.480 e. The molecule has 0 bridgehead atoms. The van der Waals surface area contributed by atoms with Crippen LogP contribution in [0.15, 0.2) is 54.6 Å². The first kappa shape index (κ1) is 22.0. The summed E-state index contributed by atoms with van der Waals surface area (Å²) in [6.45, 7) is 3.99. The summed E-state index contributed by atoms with van der Waals surface area (Å²) < 4.78 is 0. The van der Waals surface area contributed by atoms with Gasteiger partial charge >= 0.3 is 12.0 Å². The van der Waals surface area contributed by atoms with Gasteiger partial charge in [0.05, 0.1) is 11.6 Å². The number of carbonyl (C=O) groups excluding carboxylic acids is 2. The van der Waals surface area contributed by atoms with Gasteiger partial charge in [-0.1, -0.05) is 62.7 Å². The molecule has 0 radical (unpaired) electrons. The second-order valence-corrected chi connectivity index (χ2v) is 7.80. The molecule has 2 aromatic rings. The van der Waals surface area contributed by atoms with Crippen molar-refractivity contribution in [3.05, 3.63) is 71.3 Å². The van der Waals surface area contributed by atoms with Crippen molar-refractivity contribution in [2.75, 3.05) is 0 Å². The first-order chi connectivity index (χ1) is 14.9. The maximum Gasteiger partial charge on any atom is 0.328 e. The second-order valence-electron chi connectivity index (χ2n) is 7.80. The lowest BCUT2D eigenvalue weighted by atomic mass is 9.97. The number of nitrogens with zero attached hydrogens (tertiary/aromatic N) is 3. The van der Waals surface area contributed by atoms with Gasteiger partial charge in [-0.05, 0) is 29.2 Å². The maximum absolute atomic E-state index is 13.3. The molecule has 3 rings (SSSR count). The van der Waals surface area contributed by atoms with Gasteiger partial charge in [0.1, 0.15) is 12.1 Å². The van der Waals surface area contributed by atoms with Gasteiger partial charge in [-0.3, -0.25) is 4.79 Å². The van der Waals surface area contributed by atoms with Gasteiger partial charge in [-0.15, -0.1) is 0 Å². The lowest BCUT2D eigenvalue weighted by molar-refractivity contribution is -0.147. The summed E-state index contributed by atoms with van der Waals surface area (Å²) in [5.74, 6) is -1.82. The molecule has 3 atom stereocenters. The van der Waals surface area contributed by atoms with Crippen LogP contribution in [0, 0.1) is 17.2 Å². The van der Waals surface area contributed by atoms with Crippen molar-refractivity contribution < 1.29 is 19.5 Å². The Hall–Kier alpha value is -3.66. The van der Waals surface area contributed by atoms with E-state index in [1.54, 1.807) is 48.5 Å². The normalized spacial score (nSPS) is 18.0. The van der Waals surface area contributed by atoms with E-state index >= 15 is 0 Å². The average Bonchev–Trinajstić information content (AvgIpc) is 3.02. The van der Waals surface area contributed by atoms with E-state index in [4.69, 9.17) is 5.26 Å². The number of benzene rings is 2. The highest BCUT2D eigenvalue weighted by Crippen LogP contribution is 2.30. The number of carbonyl (C=O) groups is 3. The molecule has 1 aliphatic rings. The zero-order valence-corrected chi connectivity index (χ0v) is 17.6.